The minimum absolute atomic E-state index is 0.00220. The molecule has 4 rings (SSSR count). The molecule has 1 unspecified atom stereocenters. The topological polar surface area (TPSA) is 69.1 Å². The van der Waals surface area contributed by atoms with Crippen molar-refractivity contribution < 1.29 is 19.0 Å². The number of benzene rings is 2. The Kier molecular flexibility index (Phi) is 11.0. The van der Waals surface area contributed by atoms with E-state index in [1.54, 1.807) is 33.1 Å². The molecule has 2 aliphatic rings. The van der Waals surface area contributed by atoms with Crippen LogP contribution in [0.5, 0.6) is 17.2 Å². The molecule has 0 aromatic heterocycles. The third-order valence-corrected chi connectivity index (χ3v) is 8.45. The molecule has 42 heavy (non-hydrogen) atoms. The number of carbonyl (C=O) groups excluding carboxylic acids is 1. The van der Waals surface area contributed by atoms with Crippen molar-refractivity contribution >= 4 is 30.0 Å². The van der Waals surface area contributed by atoms with Gasteiger partial charge in [-0.15, -0.1) is 0 Å². The van der Waals surface area contributed by atoms with Crippen LogP contribution in [0.4, 0.5) is 0 Å². The molecular formula is C35H40N2O4S. The van der Waals surface area contributed by atoms with Crippen LogP contribution in [0.2, 0.25) is 0 Å². The highest BCUT2D eigenvalue weighted by Gasteiger charge is 2.24. The Morgan fingerprint density at radius 1 is 1.10 bits per heavy atom. The van der Waals surface area contributed by atoms with Gasteiger partial charge in [0.05, 0.1) is 21.3 Å². The van der Waals surface area contributed by atoms with Crippen LogP contribution in [0.3, 0.4) is 0 Å². The number of hydrogen-bond acceptors (Lipinski definition) is 6. The summed E-state index contributed by atoms with van der Waals surface area (Å²) < 4.78 is 16.5. The number of unbranched alkanes of at least 4 members (excludes halogenated alkanes) is 2. The van der Waals surface area contributed by atoms with Gasteiger partial charge in [-0.05, 0) is 84.9 Å². The lowest BCUT2D eigenvalue weighted by molar-refractivity contribution is 0.0951. The maximum Gasteiger partial charge on any atom is 0.251 e. The number of aryl methyl sites for hydroxylation is 1. The van der Waals surface area contributed by atoms with E-state index in [0.29, 0.717) is 28.9 Å². The van der Waals surface area contributed by atoms with Gasteiger partial charge in [0.2, 0.25) is 5.75 Å². The summed E-state index contributed by atoms with van der Waals surface area (Å²) >= 11 is 1.66. The van der Waals surface area contributed by atoms with Crippen LogP contribution in [0.15, 0.2) is 63.0 Å². The highest BCUT2D eigenvalue weighted by atomic mass is 32.2. The Balaban J connectivity index is 1.60. The van der Waals surface area contributed by atoms with Crippen molar-refractivity contribution in [1.82, 2.24) is 5.32 Å². The number of amides is 1. The molecule has 1 aliphatic carbocycles. The first-order valence-corrected chi connectivity index (χ1v) is 15.3. The molecule has 7 heteroatoms. The van der Waals surface area contributed by atoms with Gasteiger partial charge in [0.1, 0.15) is 5.70 Å². The molecule has 0 spiro atoms. The molecule has 1 heterocycles. The first kappa shape index (κ1) is 31.1. The lowest BCUT2D eigenvalue weighted by Crippen LogP contribution is -2.25. The molecule has 220 valence electrons. The number of thioether (sulfide) groups is 1. The summed E-state index contributed by atoms with van der Waals surface area (Å²) in [5.41, 5.74) is 5.54. The van der Waals surface area contributed by atoms with Gasteiger partial charge in [-0.3, -0.25) is 9.79 Å². The highest BCUT2D eigenvalue weighted by Crippen LogP contribution is 2.42. The minimum Gasteiger partial charge on any atom is -0.493 e. The Hall–Kier alpha value is -3.89. The molecule has 1 atom stereocenters. The van der Waals surface area contributed by atoms with Crippen LogP contribution in [0.25, 0.3) is 6.08 Å². The van der Waals surface area contributed by atoms with Gasteiger partial charge in [-0.25, -0.2) is 0 Å². The molecule has 2 aromatic rings. The van der Waals surface area contributed by atoms with Gasteiger partial charge in [0.15, 0.2) is 11.5 Å². The molecule has 1 N–H and O–H groups in total. The predicted octanol–water partition coefficient (Wildman–Crippen LogP) is 7.72. The fraction of sp³-hybridized carbons (Fsp3) is 0.371. The van der Waals surface area contributed by atoms with E-state index in [2.05, 4.69) is 55.5 Å². The summed E-state index contributed by atoms with van der Waals surface area (Å²) in [5, 5.41) is 5.24. The summed E-state index contributed by atoms with van der Waals surface area (Å²) in [5.74, 6) is 8.37. The van der Waals surface area contributed by atoms with Crippen LogP contribution in [-0.2, 0) is 0 Å². The largest absolute Gasteiger partial charge is 0.493 e. The van der Waals surface area contributed by atoms with Crippen LogP contribution in [0.1, 0.15) is 73.0 Å². The highest BCUT2D eigenvalue weighted by molar-refractivity contribution is 8.06. The van der Waals surface area contributed by atoms with Crippen molar-refractivity contribution in [2.24, 2.45) is 10.9 Å². The summed E-state index contributed by atoms with van der Waals surface area (Å²) in [6.07, 6.45) is 11.4. The van der Waals surface area contributed by atoms with Crippen molar-refractivity contribution in [3.63, 3.8) is 0 Å². The average Bonchev–Trinajstić information content (AvgIpc) is 3.75. The van der Waals surface area contributed by atoms with Gasteiger partial charge in [0.25, 0.3) is 5.91 Å². The number of aliphatic imine (C=N–C) groups is 1. The Morgan fingerprint density at radius 2 is 1.83 bits per heavy atom. The fourth-order valence-electron chi connectivity index (χ4n) is 4.47. The maximum absolute atomic E-state index is 12.6. The number of allylic oxidation sites excluding steroid dienone is 4. The van der Waals surface area contributed by atoms with Gasteiger partial charge in [0, 0.05) is 34.2 Å². The van der Waals surface area contributed by atoms with Crippen LogP contribution < -0.4 is 19.5 Å². The smallest absolute Gasteiger partial charge is 0.251 e. The third kappa shape index (κ3) is 7.89. The quantitative estimate of drug-likeness (QED) is 0.166. The molecule has 0 saturated heterocycles. The minimum atomic E-state index is -0.00220. The summed E-state index contributed by atoms with van der Waals surface area (Å²) in [4.78, 5) is 18.5. The van der Waals surface area contributed by atoms with Crippen molar-refractivity contribution in [3.8, 4) is 29.1 Å². The lowest BCUT2D eigenvalue weighted by Gasteiger charge is -2.12. The number of ether oxygens (including phenoxy) is 3. The van der Waals surface area contributed by atoms with E-state index in [4.69, 9.17) is 19.2 Å². The Morgan fingerprint density at radius 3 is 2.48 bits per heavy atom. The van der Waals surface area contributed by atoms with Gasteiger partial charge in [-0.2, -0.15) is 0 Å². The predicted molar refractivity (Wildman–Crippen MR) is 174 cm³/mol. The van der Waals surface area contributed by atoms with Crippen LogP contribution in [-0.4, -0.2) is 39.5 Å². The second-order valence-corrected chi connectivity index (χ2v) is 11.4. The monoisotopic (exact) mass is 584 g/mol. The molecule has 1 amide bonds. The van der Waals surface area contributed by atoms with Crippen molar-refractivity contribution in [1.29, 1.82) is 0 Å². The molecule has 2 aromatic carbocycles. The lowest BCUT2D eigenvalue weighted by atomic mass is 9.98. The number of hydrogen-bond donors (Lipinski definition) is 1. The van der Waals surface area contributed by atoms with Crippen LogP contribution in [0, 0.1) is 24.7 Å². The van der Waals surface area contributed by atoms with E-state index in [0.717, 1.165) is 59.4 Å². The van der Waals surface area contributed by atoms with Crippen molar-refractivity contribution in [2.75, 3.05) is 21.3 Å². The van der Waals surface area contributed by atoms with Crippen molar-refractivity contribution in [2.45, 2.75) is 58.9 Å². The number of nitrogens with zero attached hydrogens (tertiary/aromatic N) is 1. The van der Waals surface area contributed by atoms with Gasteiger partial charge in [-0.1, -0.05) is 56.2 Å². The Labute approximate surface area is 254 Å². The van der Waals surface area contributed by atoms with E-state index in [9.17, 15) is 4.79 Å². The molecule has 1 fully saturated rings. The van der Waals surface area contributed by atoms with E-state index < -0.39 is 0 Å². The molecule has 6 nitrogen and oxygen atoms in total. The standard InChI is InChI=1S/C35H40N2O4S/c1-7-8-9-18-36-30(17-11-25-19-31(39-4)33(41-6)32(20-25)40-5)34-24(3)28(22-42-34)14-13-26-21-27(12-10-23(26)2)35(38)37-29-15-16-29/h10,12-14,18-22,24,29H,7-9,15-16H2,1-6H3,(H,37,38)/b14-13+,34-30+,36-18-. The third-order valence-electron chi connectivity index (χ3n) is 7.26. The average molecular weight is 585 g/mol. The zero-order valence-corrected chi connectivity index (χ0v) is 26.2. The van der Waals surface area contributed by atoms with E-state index >= 15 is 0 Å². The van der Waals surface area contributed by atoms with Crippen LogP contribution >= 0.6 is 11.8 Å². The van der Waals surface area contributed by atoms with E-state index in [1.807, 2.05) is 36.5 Å². The summed E-state index contributed by atoms with van der Waals surface area (Å²) in [6, 6.07) is 9.90. The summed E-state index contributed by atoms with van der Waals surface area (Å²) in [7, 11) is 4.78. The second-order valence-electron chi connectivity index (χ2n) is 10.4. The van der Waals surface area contributed by atoms with E-state index in [1.165, 1.54) is 5.57 Å². The number of nitrogens with one attached hydrogen (secondary N) is 1. The van der Waals surface area contributed by atoms with Crippen molar-refractivity contribution in [3.05, 3.63) is 80.2 Å². The molecule has 0 bridgehead atoms. The first-order chi connectivity index (χ1) is 20.4. The molecule has 0 radical (unpaired) electrons. The van der Waals surface area contributed by atoms with Gasteiger partial charge < -0.3 is 19.5 Å². The zero-order valence-electron chi connectivity index (χ0n) is 25.4. The molecule has 1 aliphatic heterocycles. The van der Waals surface area contributed by atoms with Gasteiger partial charge >= 0.3 is 0 Å². The normalized spacial score (nSPS) is 17.6. The fourth-order valence-corrected chi connectivity index (χ4v) is 5.57. The number of carbonyl (C=O) groups is 1. The SMILES string of the molecule is CCCC/C=N\C(C#Cc1cc(OC)c(OC)c(OC)c1)=C1\SC=C(/C=C/c2cc(C(=O)NC3CC3)ccc2C)C1C. The first-order valence-electron chi connectivity index (χ1n) is 14.4. The van der Waals surface area contributed by atoms with E-state index in [-0.39, 0.29) is 11.8 Å². The second kappa shape index (κ2) is 14.8. The molecule has 1 saturated carbocycles. The summed E-state index contributed by atoms with van der Waals surface area (Å²) in [6.45, 7) is 6.42. The maximum atomic E-state index is 12.6. The number of methoxy groups -OCH3 is 3. The molecular weight excluding hydrogens is 544 g/mol. The number of rotatable bonds is 11. The Bertz CT molecular complexity index is 1460. The zero-order chi connectivity index (χ0) is 30.1.